The van der Waals surface area contributed by atoms with Crippen LogP contribution in [0.4, 0.5) is 11.5 Å². The van der Waals surface area contributed by atoms with Gasteiger partial charge in [0.2, 0.25) is 0 Å². The van der Waals surface area contributed by atoms with Crippen LogP contribution in [0.5, 0.6) is 0 Å². The predicted octanol–water partition coefficient (Wildman–Crippen LogP) is 2.55. The molecule has 0 amide bonds. The Bertz CT molecular complexity index is 670. The quantitative estimate of drug-likeness (QED) is 0.923. The zero-order valence-corrected chi connectivity index (χ0v) is 13.3. The highest BCUT2D eigenvalue weighted by molar-refractivity contribution is 6.01. The van der Waals surface area contributed by atoms with E-state index in [0.717, 1.165) is 39.3 Å². The third-order valence-corrected chi connectivity index (χ3v) is 4.88. The molecule has 0 aliphatic carbocycles. The molecule has 2 fully saturated rings. The van der Waals surface area contributed by atoms with Gasteiger partial charge >= 0.3 is 0 Å². The van der Waals surface area contributed by atoms with E-state index in [4.69, 9.17) is 4.98 Å². The smallest absolute Gasteiger partial charge is 0.136 e. The fourth-order valence-corrected chi connectivity index (χ4v) is 3.81. The van der Waals surface area contributed by atoms with Crippen molar-refractivity contribution in [3.8, 4) is 0 Å². The molecule has 4 nitrogen and oxygen atoms in total. The minimum absolute atomic E-state index is 1.06. The summed E-state index contributed by atoms with van der Waals surface area (Å²) in [6, 6.07) is 8.80. The number of rotatable bonds is 2. The van der Waals surface area contributed by atoms with E-state index >= 15 is 0 Å². The number of anilines is 2. The number of pyridine rings is 1. The Morgan fingerprint density at radius 1 is 0.909 bits per heavy atom. The molecule has 3 heterocycles. The molecular weight excluding hydrogens is 272 g/mol. The van der Waals surface area contributed by atoms with Crippen molar-refractivity contribution in [1.29, 1.82) is 0 Å². The molecule has 1 aromatic carbocycles. The average Bonchev–Trinajstić information content (AvgIpc) is 3.09. The number of benzene rings is 1. The lowest BCUT2D eigenvalue weighted by molar-refractivity contribution is 0.589. The monoisotopic (exact) mass is 296 g/mol. The van der Waals surface area contributed by atoms with Crippen LogP contribution in [0.25, 0.3) is 10.8 Å². The van der Waals surface area contributed by atoms with Crippen LogP contribution in [0.2, 0.25) is 0 Å². The maximum absolute atomic E-state index is 5.02. The fraction of sp³-hybridized carbons (Fsp3) is 0.500. The van der Waals surface area contributed by atoms with Crippen LogP contribution in [-0.4, -0.2) is 44.3 Å². The van der Waals surface area contributed by atoms with Crippen molar-refractivity contribution in [2.45, 2.75) is 19.8 Å². The van der Waals surface area contributed by atoms with Gasteiger partial charge in [-0.2, -0.15) is 0 Å². The summed E-state index contributed by atoms with van der Waals surface area (Å²) in [7, 11) is 0. The van der Waals surface area contributed by atoms with E-state index in [2.05, 4.69) is 46.3 Å². The van der Waals surface area contributed by atoms with Crippen molar-refractivity contribution in [3.63, 3.8) is 0 Å². The van der Waals surface area contributed by atoms with Crippen LogP contribution in [-0.2, 0) is 0 Å². The molecule has 0 spiro atoms. The van der Waals surface area contributed by atoms with Crippen LogP contribution in [0.15, 0.2) is 24.3 Å². The molecule has 1 N–H and O–H groups in total. The highest BCUT2D eigenvalue weighted by atomic mass is 15.2. The Balaban J connectivity index is 1.87. The molecule has 2 saturated heterocycles. The van der Waals surface area contributed by atoms with E-state index in [9.17, 15) is 0 Å². The Hall–Kier alpha value is -1.81. The Morgan fingerprint density at radius 3 is 2.32 bits per heavy atom. The van der Waals surface area contributed by atoms with Gasteiger partial charge in [0.1, 0.15) is 5.82 Å². The molecule has 4 heteroatoms. The van der Waals surface area contributed by atoms with Gasteiger partial charge in [0.25, 0.3) is 0 Å². The molecule has 0 unspecified atom stereocenters. The third kappa shape index (κ3) is 2.31. The van der Waals surface area contributed by atoms with E-state index < -0.39 is 0 Å². The number of fused-ring (bicyclic) bond motifs is 1. The number of hydrogen-bond acceptors (Lipinski definition) is 4. The minimum Gasteiger partial charge on any atom is -0.367 e. The largest absolute Gasteiger partial charge is 0.367 e. The summed E-state index contributed by atoms with van der Waals surface area (Å²) < 4.78 is 0. The average molecular weight is 296 g/mol. The van der Waals surface area contributed by atoms with Crippen molar-refractivity contribution in [1.82, 2.24) is 10.3 Å². The molecule has 116 valence electrons. The number of nitrogens with one attached hydrogen (secondary N) is 1. The van der Waals surface area contributed by atoms with Crippen molar-refractivity contribution < 1.29 is 0 Å². The first kappa shape index (κ1) is 13.8. The van der Waals surface area contributed by atoms with Crippen molar-refractivity contribution in [2.75, 3.05) is 49.1 Å². The lowest BCUT2D eigenvalue weighted by Gasteiger charge is -2.32. The molecule has 0 radical (unpaired) electrons. The first-order valence-electron chi connectivity index (χ1n) is 8.44. The maximum Gasteiger partial charge on any atom is 0.136 e. The van der Waals surface area contributed by atoms with Gasteiger partial charge < -0.3 is 15.1 Å². The highest BCUT2D eigenvalue weighted by Gasteiger charge is 2.22. The van der Waals surface area contributed by atoms with Gasteiger partial charge in [-0.05, 0) is 19.8 Å². The molecule has 2 aromatic rings. The molecule has 2 aliphatic heterocycles. The number of aromatic nitrogens is 1. The molecule has 2 aliphatic rings. The Kier molecular flexibility index (Phi) is 3.62. The van der Waals surface area contributed by atoms with Crippen molar-refractivity contribution in [3.05, 3.63) is 30.0 Å². The molecule has 0 saturated carbocycles. The second-order valence-electron chi connectivity index (χ2n) is 6.35. The van der Waals surface area contributed by atoms with Crippen LogP contribution in [0, 0.1) is 6.92 Å². The zero-order chi connectivity index (χ0) is 14.9. The van der Waals surface area contributed by atoms with Crippen LogP contribution in [0.1, 0.15) is 18.5 Å². The SMILES string of the molecule is Cc1nc(N2CCCC2)c2ccccc2c1N1CCNCC1. The first-order chi connectivity index (χ1) is 10.8. The van der Waals surface area contributed by atoms with Crippen LogP contribution >= 0.6 is 0 Å². The van der Waals surface area contributed by atoms with Gasteiger partial charge in [-0.3, -0.25) is 0 Å². The number of aryl methyl sites for hydroxylation is 1. The van der Waals surface area contributed by atoms with E-state index in [1.807, 2.05) is 0 Å². The van der Waals surface area contributed by atoms with Gasteiger partial charge in [0.15, 0.2) is 0 Å². The van der Waals surface area contributed by atoms with Gasteiger partial charge in [0, 0.05) is 50.0 Å². The number of nitrogens with zero attached hydrogens (tertiary/aromatic N) is 3. The molecule has 4 rings (SSSR count). The molecule has 0 atom stereocenters. The summed E-state index contributed by atoms with van der Waals surface area (Å²) in [5.74, 6) is 1.18. The summed E-state index contributed by atoms with van der Waals surface area (Å²) >= 11 is 0. The van der Waals surface area contributed by atoms with E-state index in [-0.39, 0.29) is 0 Å². The fourth-order valence-electron chi connectivity index (χ4n) is 3.81. The Labute approximate surface area is 132 Å². The van der Waals surface area contributed by atoms with Gasteiger partial charge in [-0.15, -0.1) is 0 Å². The van der Waals surface area contributed by atoms with Gasteiger partial charge in [-0.1, -0.05) is 24.3 Å². The normalized spacial score (nSPS) is 19.1. The Morgan fingerprint density at radius 2 is 1.59 bits per heavy atom. The summed E-state index contributed by atoms with van der Waals surface area (Å²) in [4.78, 5) is 9.97. The number of piperazine rings is 1. The first-order valence-corrected chi connectivity index (χ1v) is 8.44. The third-order valence-electron chi connectivity index (χ3n) is 4.88. The summed E-state index contributed by atoms with van der Waals surface area (Å²) in [5, 5.41) is 6.11. The summed E-state index contributed by atoms with van der Waals surface area (Å²) in [6.45, 7) is 8.70. The van der Waals surface area contributed by atoms with Crippen molar-refractivity contribution >= 4 is 22.3 Å². The van der Waals surface area contributed by atoms with E-state index in [1.54, 1.807) is 0 Å². The zero-order valence-electron chi connectivity index (χ0n) is 13.3. The molecular formula is C18H24N4. The van der Waals surface area contributed by atoms with E-state index in [0.29, 0.717) is 0 Å². The maximum atomic E-state index is 5.02. The number of hydrogen-bond donors (Lipinski definition) is 1. The van der Waals surface area contributed by atoms with Gasteiger partial charge in [-0.25, -0.2) is 4.98 Å². The lowest BCUT2D eigenvalue weighted by atomic mass is 10.1. The predicted molar refractivity (Wildman–Crippen MR) is 93.0 cm³/mol. The van der Waals surface area contributed by atoms with Crippen molar-refractivity contribution in [2.24, 2.45) is 0 Å². The van der Waals surface area contributed by atoms with E-state index in [1.165, 1.54) is 40.8 Å². The lowest BCUT2D eigenvalue weighted by Crippen LogP contribution is -2.44. The summed E-state index contributed by atoms with van der Waals surface area (Å²) in [5.41, 5.74) is 2.50. The van der Waals surface area contributed by atoms with Crippen LogP contribution < -0.4 is 15.1 Å². The van der Waals surface area contributed by atoms with Gasteiger partial charge in [0.05, 0.1) is 11.4 Å². The topological polar surface area (TPSA) is 31.4 Å². The standard InChI is InChI=1S/C18H24N4/c1-14-17(21-12-8-19-9-13-21)15-6-2-3-7-16(15)18(20-14)22-10-4-5-11-22/h2-3,6-7,19H,4-5,8-13H2,1H3. The second-order valence-corrected chi connectivity index (χ2v) is 6.35. The minimum atomic E-state index is 1.06. The summed E-state index contributed by atoms with van der Waals surface area (Å²) in [6.07, 6.45) is 2.57. The van der Waals surface area contributed by atoms with Crippen LogP contribution in [0.3, 0.4) is 0 Å². The molecule has 1 aromatic heterocycles. The molecule has 22 heavy (non-hydrogen) atoms. The highest BCUT2D eigenvalue weighted by Crippen LogP contribution is 2.36. The second kappa shape index (κ2) is 5.76. The molecule has 0 bridgehead atoms.